The van der Waals surface area contributed by atoms with E-state index in [1.807, 2.05) is 24.3 Å². The topological polar surface area (TPSA) is 43.4 Å². The predicted octanol–water partition coefficient (Wildman–Crippen LogP) is 4.11. The quantitative estimate of drug-likeness (QED) is 0.923. The first kappa shape index (κ1) is 14.2. The van der Waals surface area contributed by atoms with E-state index in [1.165, 1.54) is 0 Å². The highest BCUT2D eigenvalue weighted by molar-refractivity contribution is 7.13. The number of para-hydroxylation sites is 2. The molecule has 5 heteroatoms. The molecule has 2 heterocycles. The number of rotatable bonds is 4. The van der Waals surface area contributed by atoms with Gasteiger partial charge in [0, 0.05) is 18.3 Å². The zero-order valence-corrected chi connectivity index (χ0v) is 13.2. The van der Waals surface area contributed by atoms with Gasteiger partial charge in [0.1, 0.15) is 6.10 Å². The Hall–Kier alpha value is -1.75. The Morgan fingerprint density at radius 3 is 2.95 bits per heavy atom. The van der Waals surface area contributed by atoms with Gasteiger partial charge in [-0.1, -0.05) is 26.0 Å². The molecule has 1 aromatic carbocycles. The first-order chi connectivity index (χ1) is 10.2. The molecule has 0 aliphatic carbocycles. The summed E-state index contributed by atoms with van der Waals surface area (Å²) >= 11 is 1.63. The maximum absolute atomic E-state index is 6.07. The monoisotopic (exact) mass is 304 g/mol. The minimum absolute atomic E-state index is 0.0421. The minimum atomic E-state index is -0.0421. The molecule has 3 rings (SSSR count). The predicted molar refractivity (Wildman–Crippen MR) is 85.4 cm³/mol. The highest BCUT2D eigenvalue weighted by atomic mass is 32.1. The van der Waals surface area contributed by atoms with Crippen LogP contribution in [0.25, 0.3) is 0 Å². The number of nitrogens with one attached hydrogen (secondary N) is 1. The molecule has 4 nitrogen and oxygen atoms in total. The Labute approximate surface area is 129 Å². The Bertz CT molecular complexity index is 597. The molecule has 1 N–H and O–H groups in total. The van der Waals surface area contributed by atoms with Gasteiger partial charge in [-0.2, -0.15) is 0 Å². The van der Waals surface area contributed by atoms with Crippen LogP contribution in [0.15, 0.2) is 29.6 Å². The summed E-state index contributed by atoms with van der Waals surface area (Å²) in [6.45, 7) is 5.95. The van der Waals surface area contributed by atoms with E-state index in [4.69, 9.17) is 9.47 Å². The van der Waals surface area contributed by atoms with E-state index in [2.05, 4.69) is 29.5 Å². The zero-order valence-electron chi connectivity index (χ0n) is 12.3. The van der Waals surface area contributed by atoms with Crippen LogP contribution in [0, 0.1) is 5.92 Å². The van der Waals surface area contributed by atoms with Crippen molar-refractivity contribution in [3.8, 4) is 11.5 Å². The van der Waals surface area contributed by atoms with Gasteiger partial charge in [0.25, 0.3) is 0 Å². The standard InChI is InChI=1S/C16H20N2O2S/c1-11(2)9-17-16-18-12(10-21-16)13-7-8-19-14-5-3-4-6-15(14)20-13/h3-6,10-11,13H,7-9H2,1-2H3,(H,17,18). The van der Waals surface area contributed by atoms with Crippen molar-refractivity contribution in [3.63, 3.8) is 0 Å². The average Bonchev–Trinajstić information content (AvgIpc) is 2.84. The summed E-state index contributed by atoms with van der Waals surface area (Å²) in [6.07, 6.45) is 0.765. The van der Waals surface area contributed by atoms with Crippen molar-refractivity contribution in [2.75, 3.05) is 18.5 Å². The fourth-order valence-electron chi connectivity index (χ4n) is 2.17. The second-order valence-electron chi connectivity index (χ2n) is 5.54. The molecule has 0 saturated carbocycles. The lowest BCUT2D eigenvalue weighted by molar-refractivity contribution is 0.191. The molecule has 1 atom stereocenters. The normalized spacial score (nSPS) is 17.6. The van der Waals surface area contributed by atoms with Crippen molar-refractivity contribution in [2.45, 2.75) is 26.4 Å². The van der Waals surface area contributed by atoms with Gasteiger partial charge in [-0.15, -0.1) is 11.3 Å². The molecule has 0 amide bonds. The number of aromatic nitrogens is 1. The lowest BCUT2D eigenvalue weighted by atomic mass is 10.2. The maximum atomic E-state index is 6.07. The lowest BCUT2D eigenvalue weighted by Gasteiger charge is -2.13. The van der Waals surface area contributed by atoms with Gasteiger partial charge in [0.15, 0.2) is 16.6 Å². The fraction of sp³-hybridized carbons (Fsp3) is 0.438. The molecule has 112 valence electrons. The molecule has 2 aromatic rings. The number of thiazole rings is 1. The van der Waals surface area contributed by atoms with Crippen LogP contribution < -0.4 is 14.8 Å². The smallest absolute Gasteiger partial charge is 0.183 e. The van der Waals surface area contributed by atoms with Crippen molar-refractivity contribution in [1.82, 2.24) is 4.98 Å². The van der Waals surface area contributed by atoms with Crippen molar-refractivity contribution < 1.29 is 9.47 Å². The van der Waals surface area contributed by atoms with Crippen molar-refractivity contribution in [2.24, 2.45) is 5.92 Å². The van der Waals surface area contributed by atoms with Crippen LogP contribution in [-0.2, 0) is 0 Å². The molecule has 1 aliphatic heterocycles. The summed E-state index contributed by atoms with van der Waals surface area (Å²) in [6, 6.07) is 7.80. The highest BCUT2D eigenvalue weighted by Crippen LogP contribution is 2.36. The fourth-order valence-corrected chi connectivity index (χ4v) is 2.93. The summed E-state index contributed by atoms with van der Waals surface area (Å²) in [5.41, 5.74) is 0.978. The number of fused-ring (bicyclic) bond motifs is 1. The van der Waals surface area contributed by atoms with Gasteiger partial charge in [0.2, 0.25) is 0 Å². The number of ether oxygens (including phenoxy) is 2. The average molecular weight is 304 g/mol. The number of anilines is 1. The molecule has 1 aromatic heterocycles. The van der Waals surface area contributed by atoms with Gasteiger partial charge in [-0.05, 0) is 18.1 Å². The zero-order chi connectivity index (χ0) is 14.7. The first-order valence-electron chi connectivity index (χ1n) is 7.30. The summed E-state index contributed by atoms with van der Waals surface area (Å²) in [5.74, 6) is 2.21. The lowest BCUT2D eigenvalue weighted by Crippen LogP contribution is -2.10. The van der Waals surface area contributed by atoms with Crippen LogP contribution in [0.5, 0.6) is 11.5 Å². The van der Waals surface area contributed by atoms with Crippen LogP contribution in [0.2, 0.25) is 0 Å². The van der Waals surface area contributed by atoms with Crippen LogP contribution in [-0.4, -0.2) is 18.1 Å². The van der Waals surface area contributed by atoms with E-state index in [0.717, 1.165) is 35.3 Å². The number of benzene rings is 1. The number of nitrogens with zero attached hydrogens (tertiary/aromatic N) is 1. The van der Waals surface area contributed by atoms with Crippen LogP contribution in [0.4, 0.5) is 5.13 Å². The molecular formula is C16H20N2O2S. The van der Waals surface area contributed by atoms with Gasteiger partial charge in [0.05, 0.1) is 12.3 Å². The third-order valence-corrected chi connectivity index (χ3v) is 4.09. The maximum Gasteiger partial charge on any atom is 0.183 e. The highest BCUT2D eigenvalue weighted by Gasteiger charge is 2.22. The Balaban J connectivity index is 1.72. The van der Waals surface area contributed by atoms with E-state index in [9.17, 15) is 0 Å². The van der Waals surface area contributed by atoms with Crippen molar-refractivity contribution >= 4 is 16.5 Å². The summed E-state index contributed by atoms with van der Waals surface area (Å²) in [7, 11) is 0. The summed E-state index contributed by atoms with van der Waals surface area (Å²) in [5, 5.41) is 6.39. The van der Waals surface area contributed by atoms with Gasteiger partial charge in [-0.25, -0.2) is 4.98 Å². The van der Waals surface area contributed by atoms with E-state index in [0.29, 0.717) is 12.5 Å². The number of hydrogen-bond donors (Lipinski definition) is 1. The summed E-state index contributed by atoms with van der Waals surface area (Å²) in [4.78, 5) is 4.65. The van der Waals surface area contributed by atoms with Crippen LogP contribution in [0.3, 0.4) is 0 Å². The SMILES string of the molecule is CC(C)CNc1nc(C2CCOc3ccccc3O2)cs1. The number of hydrogen-bond acceptors (Lipinski definition) is 5. The third-order valence-electron chi connectivity index (χ3n) is 3.27. The minimum Gasteiger partial charge on any atom is -0.490 e. The second-order valence-corrected chi connectivity index (χ2v) is 6.40. The molecule has 0 radical (unpaired) electrons. The molecule has 1 unspecified atom stereocenters. The van der Waals surface area contributed by atoms with E-state index >= 15 is 0 Å². The molecule has 0 saturated heterocycles. The molecule has 21 heavy (non-hydrogen) atoms. The van der Waals surface area contributed by atoms with Gasteiger partial charge in [-0.3, -0.25) is 0 Å². The second kappa shape index (κ2) is 6.35. The third kappa shape index (κ3) is 3.47. The molecule has 0 fully saturated rings. The largest absolute Gasteiger partial charge is 0.490 e. The van der Waals surface area contributed by atoms with Crippen molar-refractivity contribution in [1.29, 1.82) is 0 Å². The van der Waals surface area contributed by atoms with E-state index in [-0.39, 0.29) is 6.10 Å². The Kier molecular flexibility index (Phi) is 4.29. The molecule has 0 bridgehead atoms. The van der Waals surface area contributed by atoms with Crippen molar-refractivity contribution in [3.05, 3.63) is 35.3 Å². The summed E-state index contributed by atoms with van der Waals surface area (Å²) < 4.78 is 11.8. The van der Waals surface area contributed by atoms with Gasteiger partial charge >= 0.3 is 0 Å². The first-order valence-corrected chi connectivity index (χ1v) is 8.18. The van der Waals surface area contributed by atoms with Crippen LogP contribution in [0.1, 0.15) is 32.1 Å². The van der Waals surface area contributed by atoms with E-state index in [1.54, 1.807) is 11.3 Å². The Morgan fingerprint density at radius 2 is 2.14 bits per heavy atom. The molecule has 1 aliphatic rings. The van der Waals surface area contributed by atoms with Gasteiger partial charge < -0.3 is 14.8 Å². The van der Waals surface area contributed by atoms with E-state index < -0.39 is 0 Å². The molecule has 0 spiro atoms. The molecular weight excluding hydrogens is 284 g/mol. The Morgan fingerprint density at radius 1 is 1.33 bits per heavy atom. The van der Waals surface area contributed by atoms with Crippen LogP contribution >= 0.6 is 11.3 Å².